The first kappa shape index (κ1) is 36.6. The third-order valence-electron chi connectivity index (χ3n) is 10.4. The number of benzene rings is 2. The Balaban J connectivity index is 1.01. The van der Waals surface area contributed by atoms with Crippen LogP contribution >= 0.6 is 0 Å². The molecule has 1 aliphatic heterocycles. The van der Waals surface area contributed by atoms with E-state index in [1.165, 1.54) is 37.7 Å². The lowest BCUT2D eigenvalue weighted by Crippen LogP contribution is -2.53. The van der Waals surface area contributed by atoms with Crippen molar-refractivity contribution in [3.8, 4) is 17.0 Å². The van der Waals surface area contributed by atoms with E-state index in [0.29, 0.717) is 31.6 Å². The molecule has 6 rings (SSSR count). The number of likely N-dealkylation sites (tertiary alicyclic amines) is 1. The van der Waals surface area contributed by atoms with Crippen LogP contribution in [0.1, 0.15) is 87.8 Å². The van der Waals surface area contributed by atoms with Crippen LogP contribution in [0.25, 0.3) is 22.2 Å². The highest BCUT2D eigenvalue weighted by molar-refractivity contribution is 5.98. The van der Waals surface area contributed by atoms with Gasteiger partial charge in [0, 0.05) is 30.2 Å². The fraction of sp³-hybridized carbons (Fsp3) is 0.500. The fourth-order valence-electron chi connectivity index (χ4n) is 7.55. The van der Waals surface area contributed by atoms with Crippen molar-refractivity contribution in [2.45, 2.75) is 96.2 Å². The Hall–Kier alpha value is -4.21. The Morgan fingerprint density at radius 1 is 1.00 bits per heavy atom. The van der Waals surface area contributed by atoms with Crippen molar-refractivity contribution in [1.29, 1.82) is 0 Å². The number of aliphatic hydroxyl groups is 1. The summed E-state index contributed by atoms with van der Waals surface area (Å²) < 4.78 is 12.0. The maximum absolute atomic E-state index is 13.6. The minimum absolute atomic E-state index is 0.154. The van der Waals surface area contributed by atoms with Gasteiger partial charge in [-0.2, -0.15) is 0 Å². The van der Waals surface area contributed by atoms with E-state index in [0.717, 1.165) is 60.7 Å². The molecule has 1 aliphatic carbocycles. The second-order valence-corrected chi connectivity index (χ2v) is 14.9. The molecule has 2 fully saturated rings. The summed E-state index contributed by atoms with van der Waals surface area (Å²) >= 11 is 0. The van der Waals surface area contributed by atoms with Crippen LogP contribution < -0.4 is 15.4 Å². The number of fused-ring (bicyclic) bond motifs is 1. The molecule has 1 saturated heterocycles. The third-order valence-corrected chi connectivity index (χ3v) is 10.4. The average Bonchev–Trinajstić information content (AvgIpc) is 3.49. The standard InChI is InChI=1S/C42H54N4O5/c1-29(2)24-37(45-42(49)40-27-33-26-34(16-17-39(33)51-40)50-23-19-30-10-4-3-5-11-30)41(48)44-36-15-9-21-46(28-38(36)47)22-18-31-12-8-13-32(25-31)35-14-6-7-20-43-35/h6-8,12-14,16-17,20,25-27,29-30,36-38,47H,3-5,9-11,15,18-19,21-24,28H2,1-2H3,(H,44,48)(H,45,49)/t36?,37?,38-/m0/s1. The zero-order valence-corrected chi connectivity index (χ0v) is 30.2. The number of β-amino-alcohol motifs (C(OH)–C–C–N with tert-alkyl or cyclic N) is 1. The number of nitrogens with zero attached hydrogens (tertiary/aromatic N) is 2. The number of nitrogens with one attached hydrogen (secondary N) is 2. The van der Waals surface area contributed by atoms with Gasteiger partial charge in [-0.05, 0) is 98.5 Å². The predicted octanol–water partition coefficient (Wildman–Crippen LogP) is 7.17. The van der Waals surface area contributed by atoms with E-state index >= 15 is 0 Å². The van der Waals surface area contributed by atoms with Crippen molar-refractivity contribution in [2.75, 3.05) is 26.2 Å². The summed E-state index contributed by atoms with van der Waals surface area (Å²) in [6, 6.07) is 20.5. The molecule has 2 aromatic carbocycles. The molecule has 9 nitrogen and oxygen atoms in total. The van der Waals surface area contributed by atoms with Crippen molar-refractivity contribution in [1.82, 2.24) is 20.5 Å². The predicted molar refractivity (Wildman–Crippen MR) is 201 cm³/mol. The lowest BCUT2D eigenvalue weighted by Gasteiger charge is -2.27. The Kier molecular flexibility index (Phi) is 12.8. The van der Waals surface area contributed by atoms with Crippen molar-refractivity contribution < 1.29 is 23.8 Å². The zero-order chi connectivity index (χ0) is 35.6. The van der Waals surface area contributed by atoms with Crippen LogP contribution in [0, 0.1) is 11.8 Å². The van der Waals surface area contributed by atoms with Gasteiger partial charge in [-0.15, -0.1) is 0 Å². The van der Waals surface area contributed by atoms with Gasteiger partial charge < -0.3 is 29.8 Å². The van der Waals surface area contributed by atoms with Crippen LogP contribution in [0.15, 0.2) is 77.3 Å². The molecule has 0 bridgehead atoms. The van der Waals surface area contributed by atoms with Crippen molar-refractivity contribution in [2.24, 2.45) is 11.8 Å². The fourth-order valence-corrected chi connectivity index (χ4v) is 7.55. The SMILES string of the molecule is CC(C)CC(NC(=O)c1cc2cc(OCCC3CCCCC3)ccc2o1)C(=O)NC1CCCN(CCc2cccc(-c3ccccn3)c2)C[C@@H]1O. The summed E-state index contributed by atoms with van der Waals surface area (Å²) in [7, 11) is 0. The van der Waals surface area contributed by atoms with Gasteiger partial charge in [-0.25, -0.2) is 0 Å². The highest BCUT2D eigenvalue weighted by Gasteiger charge is 2.31. The molecule has 9 heteroatoms. The first-order valence-corrected chi connectivity index (χ1v) is 19.0. The number of hydrogen-bond donors (Lipinski definition) is 3. The maximum atomic E-state index is 13.6. The largest absolute Gasteiger partial charge is 0.494 e. The summed E-state index contributed by atoms with van der Waals surface area (Å²) in [6.45, 7) is 6.84. The molecule has 2 unspecified atom stereocenters. The monoisotopic (exact) mass is 694 g/mol. The van der Waals surface area contributed by atoms with Gasteiger partial charge in [0.05, 0.1) is 24.4 Å². The lowest BCUT2D eigenvalue weighted by molar-refractivity contribution is -0.125. The molecule has 1 saturated carbocycles. The van der Waals surface area contributed by atoms with Crippen LogP contribution in [-0.2, 0) is 11.2 Å². The summed E-state index contributed by atoms with van der Waals surface area (Å²) in [5, 5.41) is 18.0. The second-order valence-electron chi connectivity index (χ2n) is 14.9. The average molecular weight is 695 g/mol. The third kappa shape index (κ3) is 10.4. The Morgan fingerprint density at radius 2 is 1.86 bits per heavy atom. The molecule has 2 amide bonds. The van der Waals surface area contributed by atoms with Crippen LogP contribution in [0.5, 0.6) is 5.75 Å². The molecule has 272 valence electrons. The minimum Gasteiger partial charge on any atom is -0.494 e. The van der Waals surface area contributed by atoms with Crippen molar-refractivity contribution >= 4 is 22.8 Å². The van der Waals surface area contributed by atoms with Crippen LogP contribution in [-0.4, -0.2) is 71.2 Å². The zero-order valence-electron chi connectivity index (χ0n) is 30.2. The number of hydrogen-bond acceptors (Lipinski definition) is 7. The molecule has 3 heterocycles. The van der Waals surface area contributed by atoms with Gasteiger partial charge in [0.1, 0.15) is 17.4 Å². The van der Waals surface area contributed by atoms with Crippen LogP contribution in [0.2, 0.25) is 0 Å². The van der Waals surface area contributed by atoms with Gasteiger partial charge in [0.15, 0.2) is 5.76 Å². The Labute approximate surface area is 302 Å². The van der Waals surface area contributed by atoms with Gasteiger partial charge in [0.2, 0.25) is 5.91 Å². The minimum atomic E-state index is -0.762. The molecule has 2 aromatic heterocycles. The molecule has 2 aliphatic rings. The number of pyridine rings is 1. The van der Waals surface area contributed by atoms with E-state index in [1.54, 1.807) is 12.3 Å². The number of carbonyl (C=O) groups is 2. The summed E-state index contributed by atoms with van der Waals surface area (Å²) in [5.74, 6) is 1.11. The van der Waals surface area contributed by atoms with E-state index < -0.39 is 24.1 Å². The number of amides is 2. The molecule has 3 N–H and O–H groups in total. The van der Waals surface area contributed by atoms with E-state index in [4.69, 9.17) is 9.15 Å². The van der Waals surface area contributed by atoms with Gasteiger partial charge >= 0.3 is 0 Å². The first-order chi connectivity index (χ1) is 24.8. The van der Waals surface area contributed by atoms with Gasteiger partial charge in [-0.1, -0.05) is 70.2 Å². The molecular weight excluding hydrogens is 640 g/mol. The Bertz CT molecular complexity index is 1720. The van der Waals surface area contributed by atoms with Gasteiger partial charge in [0.25, 0.3) is 5.91 Å². The van der Waals surface area contributed by atoms with Crippen LogP contribution in [0.4, 0.5) is 0 Å². The summed E-state index contributed by atoms with van der Waals surface area (Å²) in [5.41, 5.74) is 3.86. The number of aromatic nitrogens is 1. The summed E-state index contributed by atoms with van der Waals surface area (Å²) in [6.07, 6.45) is 11.6. The van der Waals surface area contributed by atoms with E-state index in [1.807, 2.05) is 50.2 Å². The number of carbonyl (C=O) groups excluding carboxylic acids is 2. The highest BCUT2D eigenvalue weighted by atomic mass is 16.5. The van der Waals surface area contributed by atoms with Crippen molar-refractivity contribution in [3.05, 3.63) is 84.3 Å². The highest BCUT2D eigenvalue weighted by Crippen LogP contribution is 2.28. The molecule has 4 aromatic rings. The number of furan rings is 1. The number of ether oxygens (including phenoxy) is 1. The maximum Gasteiger partial charge on any atom is 0.287 e. The topological polar surface area (TPSA) is 117 Å². The lowest BCUT2D eigenvalue weighted by atomic mass is 9.87. The normalized spacial score (nSPS) is 19.5. The van der Waals surface area contributed by atoms with Crippen LogP contribution in [0.3, 0.4) is 0 Å². The number of rotatable bonds is 14. The second kappa shape index (κ2) is 17.8. The molecular formula is C42H54N4O5. The smallest absolute Gasteiger partial charge is 0.287 e. The molecule has 0 radical (unpaired) electrons. The van der Waals surface area contributed by atoms with E-state index in [2.05, 4.69) is 44.8 Å². The van der Waals surface area contributed by atoms with Crippen molar-refractivity contribution in [3.63, 3.8) is 0 Å². The first-order valence-electron chi connectivity index (χ1n) is 19.0. The Morgan fingerprint density at radius 3 is 2.67 bits per heavy atom. The molecule has 0 spiro atoms. The summed E-state index contributed by atoms with van der Waals surface area (Å²) in [4.78, 5) is 33.8. The molecule has 51 heavy (non-hydrogen) atoms. The quantitative estimate of drug-likeness (QED) is 0.128. The van der Waals surface area contributed by atoms with Gasteiger partial charge in [-0.3, -0.25) is 14.6 Å². The molecule has 3 atom stereocenters. The number of aliphatic hydroxyl groups excluding tert-OH is 1. The van der Waals surface area contributed by atoms with E-state index in [9.17, 15) is 14.7 Å². The van der Waals surface area contributed by atoms with E-state index in [-0.39, 0.29) is 17.6 Å².